The highest BCUT2D eigenvalue weighted by Gasteiger charge is 2.28. The van der Waals surface area contributed by atoms with Gasteiger partial charge in [0.1, 0.15) is 10.7 Å². The highest BCUT2D eigenvalue weighted by molar-refractivity contribution is 7.93. The first-order chi connectivity index (χ1) is 15.6. The van der Waals surface area contributed by atoms with Crippen LogP contribution in [0.3, 0.4) is 0 Å². The summed E-state index contributed by atoms with van der Waals surface area (Å²) in [6.07, 6.45) is 1.30. The number of nitrogens with zero attached hydrogens (tertiary/aromatic N) is 1. The summed E-state index contributed by atoms with van der Waals surface area (Å²) in [6, 6.07) is 9.34. The first kappa shape index (κ1) is 24.3. The van der Waals surface area contributed by atoms with Crippen molar-refractivity contribution in [2.45, 2.75) is 4.90 Å². The number of nitrogens with one attached hydrogen (secondary N) is 1. The Bertz CT molecular complexity index is 1330. The molecule has 11 heteroatoms. The molecule has 0 saturated carbocycles. The summed E-state index contributed by atoms with van der Waals surface area (Å²) < 4.78 is 81.2. The van der Waals surface area contributed by atoms with E-state index in [0.717, 1.165) is 34.6 Å². The van der Waals surface area contributed by atoms with Gasteiger partial charge in [0.2, 0.25) is 0 Å². The Kier molecular flexibility index (Phi) is 7.09. The van der Waals surface area contributed by atoms with E-state index in [0.29, 0.717) is 6.07 Å². The van der Waals surface area contributed by atoms with Gasteiger partial charge in [0.05, 0.1) is 22.9 Å². The predicted molar refractivity (Wildman–Crippen MR) is 117 cm³/mol. The van der Waals surface area contributed by atoms with Gasteiger partial charge in [-0.05, 0) is 54.6 Å². The number of amides is 1. The van der Waals surface area contributed by atoms with Gasteiger partial charge in [-0.15, -0.1) is 6.58 Å². The van der Waals surface area contributed by atoms with E-state index in [1.54, 1.807) is 0 Å². The molecular formula is C22H15ClF4N2O3S. The quantitative estimate of drug-likeness (QED) is 0.264. The highest BCUT2D eigenvalue weighted by atomic mass is 35.5. The molecule has 5 nitrogen and oxygen atoms in total. The minimum atomic E-state index is -4.37. The van der Waals surface area contributed by atoms with Crippen LogP contribution in [0.1, 0.15) is 10.4 Å². The van der Waals surface area contributed by atoms with Gasteiger partial charge in [-0.2, -0.15) is 0 Å². The molecule has 0 bridgehead atoms. The standard InChI is InChI=1S/C22H15ClF4N2O3S/c1-2-11-29(15-6-4-14(24)5-7-15)33(31,32)19-12-13(3-8-16(19)23)22(30)28-18-10-9-17(25)20(26)21(18)27/h2-10,12H,1,11H2,(H,28,30). The van der Waals surface area contributed by atoms with E-state index in [1.165, 1.54) is 24.3 Å². The fourth-order valence-electron chi connectivity index (χ4n) is 2.84. The predicted octanol–water partition coefficient (Wildman–Crippen LogP) is 5.53. The van der Waals surface area contributed by atoms with Gasteiger partial charge in [-0.1, -0.05) is 17.7 Å². The molecule has 0 atom stereocenters. The average Bonchev–Trinajstić information content (AvgIpc) is 2.78. The maximum absolute atomic E-state index is 13.9. The van der Waals surface area contributed by atoms with Gasteiger partial charge in [-0.3, -0.25) is 9.10 Å². The third-order valence-electron chi connectivity index (χ3n) is 4.45. The Labute approximate surface area is 192 Å². The van der Waals surface area contributed by atoms with Crippen LogP contribution in [-0.4, -0.2) is 20.9 Å². The Hall–Kier alpha value is -3.37. The lowest BCUT2D eigenvalue weighted by molar-refractivity contribution is 0.102. The van der Waals surface area contributed by atoms with Gasteiger partial charge in [0, 0.05) is 5.56 Å². The van der Waals surface area contributed by atoms with Crippen LogP contribution in [0.25, 0.3) is 0 Å². The third-order valence-corrected chi connectivity index (χ3v) is 6.73. The number of benzene rings is 3. The smallest absolute Gasteiger partial charge is 0.266 e. The van der Waals surface area contributed by atoms with Crippen molar-refractivity contribution in [2.24, 2.45) is 0 Å². The molecular weight excluding hydrogens is 484 g/mol. The number of rotatable bonds is 7. The molecule has 3 rings (SSSR count). The fourth-order valence-corrected chi connectivity index (χ4v) is 4.78. The number of sulfonamides is 1. The monoisotopic (exact) mass is 498 g/mol. The maximum atomic E-state index is 13.9. The molecule has 0 aromatic heterocycles. The molecule has 0 radical (unpaired) electrons. The van der Waals surface area contributed by atoms with E-state index in [9.17, 15) is 30.8 Å². The van der Waals surface area contributed by atoms with E-state index >= 15 is 0 Å². The Morgan fingerprint density at radius 1 is 1.00 bits per heavy atom. The molecule has 0 heterocycles. The summed E-state index contributed by atoms with van der Waals surface area (Å²) in [4.78, 5) is 12.1. The summed E-state index contributed by atoms with van der Waals surface area (Å²) in [7, 11) is -4.37. The molecule has 0 fully saturated rings. The number of carbonyl (C=O) groups is 1. The number of halogens is 5. The topological polar surface area (TPSA) is 66.5 Å². The first-order valence-electron chi connectivity index (χ1n) is 9.20. The van der Waals surface area contributed by atoms with Crippen LogP contribution in [-0.2, 0) is 10.0 Å². The van der Waals surface area contributed by atoms with E-state index in [1.807, 2.05) is 0 Å². The minimum absolute atomic E-state index is 0.117. The summed E-state index contributed by atoms with van der Waals surface area (Å²) >= 11 is 6.09. The molecule has 0 saturated heterocycles. The number of hydrogen-bond donors (Lipinski definition) is 1. The Morgan fingerprint density at radius 2 is 1.67 bits per heavy atom. The molecule has 0 unspecified atom stereocenters. The van der Waals surface area contributed by atoms with Crippen molar-refractivity contribution in [2.75, 3.05) is 16.2 Å². The second kappa shape index (κ2) is 9.63. The second-order valence-corrected chi connectivity index (χ2v) is 8.86. The van der Waals surface area contributed by atoms with Crippen molar-refractivity contribution in [1.82, 2.24) is 0 Å². The van der Waals surface area contributed by atoms with Crippen LogP contribution in [0.4, 0.5) is 28.9 Å². The van der Waals surface area contributed by atoms with Crippen molar-refractivity contribution < 1.29 is 30.8 Å². The van der Waals surface area contributed by atoms with Crippen LogP contribution in [0, 0.1) is 23.3 Å². The number of anilines is 2. The molecule has 3 aromatic rings. The van der Waals surface area contributed by atoms with Gasteiger partial charge in [0.15, 0.2) is 17.5 Å². The lowest BCUT2D eigenvalue weighted by Crippen LogP contribution is -2.31. The van der Waals surface area contributed by atoms with Gasteiger partial charge in [-0.25, -0.2) is 26.0 Å². The minimum Gasteiger partial charge on any atom is -0.319 e. The summed E-state index contributed by atoms with van der Waals surface area (Å²) in [5, 5.41) is 1.83. The van der Waals surface area contributed by atoms with Crippen LogP contribution in [0.15, 0.2) is 72.1 Å². The van der Waals surface area contributed by atoms with Crippen LogP contribution in [0.5, 0.6) is 0 Å². The molecule has 3 aromatic carbocycles. The molecule has 0 aliphatic heterocycles. The Balaban J connectivity index is 2.00. The molecule has 1 N–H and O–H groups in total. The molecule has 172 valence electrons. The van der Waals surface area contributed by atoms with Crippen molar-refractivity contribution in [1.29, 1.82) is 0 Å². The largest absolute Gasteiger partial charge is 0.319 e. The van der Waals surface area contributed by atoms with E-state index in [2.05, 4.69) is 11.9 Å². The SMILES string of the molecule is C=CCN(c1ccc(F)cc1)S(=O)(=O)c1cc(C(=O)Nc2ccc(F)c(F)c2F)ccc1Cl. The van der Waals surface area contributed by atoms with Crippen molar-refractivity contribution in [3.63, 3.8) is 0 Å². The Morgan fingerprint density at radius 3 is 2.30 bits per heavy atom. The zero-order chi connectivity index (χ0) is 24.3. The maximum Gasteiger partial charge on any atom is 0.266 e. The van der Waals surface area contributed by atoms with E-state index in [4.69, 9.17) is 11.6 Å². The van der Waals surface area contributed by atoms with E-state index in [-0.39, 0.29) is 22.8 Å². The van der Waals surface area contributed by atoms with Gasteiger partial charge < -0.3 is 5.32 Å². The fraction of sp³-hybridized carbons (Fsp3) is 0.0455. The highest BCUT2D eigenvalue weighted by Crippen LogP contribution is 2.30. The summed E-state index contributed by atoms with van der Waals surface area (Å²) in [6.45, 7) is 3.32. The van der Waals surface area contributed by atoms with Gasteiger partial charge in [0.25, 0.3) is 15.9 Å². The van der Waals surface area contributed by atoms with Crippen LogP contribution < -0.4 is 9.62 Å². The zero-order valence-corrected chi connectivity index (χ0v) is 18.2. The third kappa shape index (κ3) is 5.01. The molecule has 1 amide bonds. The molecule has 0 aliphatic rings. The molecule has 0 spiro atoms. The lowest BCUT2D eigenvalue weighted by Gasteiger charge is -2.24. The number of carbonyl (C=O) groups excluding carboxylic acids is 1. The van der Waals surface area contributed by atoms with Crippen molar-refractivity contribution in [3.05, 3.63) is 101 Å². The van der Waals surface area contributed by atoms with Crippen LogP contribution >= 0.6 is 11.6 Å². The van der Waals surface area contributed by atoms with Crippen LogP contribution in [0.2, 0.25) is 5.02 Å². The summed E-state index contributed by atoms with van der Waals surface area (Å²) in [5.41, 5.74) is -0.774. The van der Waals surface area contributed by atoms with Crippen molar-refractivity contribution >= 4 is 38.9 Å². The average molecular weight is 499 g/mol. The lowest BCUT2D eigenvalue weighted by atomic mass is 10.2. The zero-order valence-electron chi connectivity index (χ0n) is 16.7. The van der Waals surface area contributed by atoms with Gasteiger partial charge >= 0.3 is 0 Å². The van der Waals surface area contributed by atoms with E-state index < -0.39 is 49.8 Å². The normalized spacial score (nSPS) is 11.2. The first-order valence-corrected chi connectivity index (χ1v) is 11.0. The molecule has 33 heavy (non-hydrogen) atoms. The second-order valence-electron chi connectivity index (χ2n) is 6.62. The van der Waals surface area contributed by atoms with Crippen molar-refractivity contribution in [3.8, 4) is 0 Å². The summed E-state index contributed by atoms with van der Waals surface area (Å²) in [5.74, 6) is -6.39. The molecule has 0 aliphatic carbocycles. The number of hydrogen-bond acceptors (Lipinski definition) is 3.